The highest BCUT2D eigenvalue weighted by Crippen LogP contribution is 2.48. The zero-order valence-corrected chi connectivity index (χ0v) is 15.8. The van der Waals surface area contributed by atoms with Crippen LogP contribution in [0.15, 0.2) is 12.7 Å². The van der Waals surface area contributed by atoms with Gasteiger partial charge in [0.25, 0.3) is 0 Å². The van der Waals surface area contributed by atoms with Crippen LogP contribution in [-0.2, 0) is 4.79 Å². The van der Waals surface area contributed by atoms with Crippen molar-refractivity contribution in [2.75, 3.05) is 24.7 Å². The van der Waals surface area contributed by atoms with Crippen molar-refractivity contribution >= 4 is 22.9 Å². The summed E-state index contributed by atoms with van der Waals surface area (Å²) in [5.41, 5.74) is 1.06. The van der Waals surface area contributed by atoms with Gasteiger partial charge in [0.15, 0.2) is 17.0 Å². The van der Waals surface area contributed by atoms with Crippen LogP contribution in [0.25, 0.3) is 11.2 Å². The van der Waals surface area contributed by atoms with E-state index in [1.807, 2.05) is 4.57 Å². The molecule has 3 N–H and O–H groups in total. The summed E-state index contributed by atoms with van der Waals surface area (Å²) < 4.78 is 2.02. The summed E-state index contributed by atoms with van der Waals surface area (Å²) in [6.07, 6.45) is 9.05. The molecule has 5 rings (SSSR count). The number of fused-ring (bicyclic) bond motifs is 2. The maximum atomic E-state index is 12.3. The molecule has 0 aromatic carbocycles. The minimum atomic E-state index is -0.405. The highest BCUT2D eigenvalue weighted by Gasteiger charge is 2.45. The largest absolute Gasteiger partial charge is 0.396 e. The van der Waals surface area contributed by atoms with E-state index < -0.39 is 5.41 Å². The Morgan fingerprint density at radius 2 is 1.93 bits per heavy atom. The first-order chi connectivity index (χ1) is 13.6. The van der Waals surface area contributed by atoms with Gasteiger partial charge in [0.05, 0.1) is 32.1 Å². The summed E-state index contributed by atoms with van der Waals surface area (Å²) in [4.78, 5) is 28.0. The van der Waals surface area contributed by atoms with Crippen LogP contribution >= 0.6 is 0 Å². The molecule has 9 heteroatoms. The number of anilines is 1. The molecule has 3 heterocycles. The number of amides is 1. The Kier molecular flexibility index (Phi) is 4.24. The molecule has 2 aliphatic carbocycles. The maximum absolute atomic E-state index is 12.3. The molecular formula is C19H26N6O3. The number of aliphatic hydroxyl groups is 2. The van der Waals surface area contributed by atoms with Crippen LogP contribution in [0.4, 0.5) is 5.82 Å². The monoisotopic (exact) mass is 386 g/mol. The van der Waals surface area contributed by atoms with Crippen LogP contribution in [0.1, 0.15) is 44.6 Å². The highest BCUT2D eigenvalue weighted by molar-refractivity contribution is 5.89. The molecule has 2 saturated carbocycles. The summed E-state index contributed by atoms with van der Waals surface area (Å²) >= 11 is 0. The van der Waals surface area contributed by atoms with E-state index in [4.69, 9.17) is 0 Å². The lowest BCUT2D eigenvalue weighted by molar-refractivity contribution is -0.122. The Morgan fingerprint density at radius 3 is 2.71 bits per heavy atom. The van der Waals surface area contributed by atoms with Crippen molar-refractivity contribution in [3.05, 3.63) is 12.7 Å². The van der Waals surface area contributed by atoms with Crippen molar-refractivity contribution in [1.82, 2.24) is 24.8 Å². The van der Waals surface area contributed by atoms with Crippen LogP contribution < -0.4 is 10.2 Å². The zero-order valence-electron chi connectivity index (χ0n) is 15.8. The number of hydrogen-bond acceptors (Lipinski definition) is 7. The Balaban J connectivity index is 1.48. The molecule has 9 nitrogen and oxygen atoms in total. The summed E-state index contributed by atoms with van der Waals surface area (Å²) in [6, 6.07) is 0.567. The van der Waals surface area contributed by atoms with E-state index in [1.54, 1.807) is 12.7 Å². The Morgan fingerprint density at radius 1 is 1.14 bits per heavy atom. The van der Waals surface area contributed by atoms with Gasteiger partial charge >= 0.3 is 0 Å². The SMILES string of the molecule is O=C1CN(c2ncnc3c2ncn3C2CC(CO)(CO)C2)C2CCCCC2N1. The topological polar surface area (TPSA) is 116 Å². The Hall–Kier alpha value is -2.26. The molecule has 2 aromatic rings. The number of nitrogens with one attached hydrogen (secondary N) is 1. The van der Waals surface area contributed by atoms with Crippen molar-refractivity contribution in [1.29, 1.82) is 0 Å². The number of imidazole rings is 1. The summed E-state index contributed by atoms with van der Waals surface area (Å²) in [7, 11) is 0. The third-order valence-electron chi connectivity index (χ3n) is 6.80. The van der Waals surface area contributed by atoms with Gasteiger partial charge in [-0.2, -0.15) is 0 Å². The molecule has 1 amide bonds. The van der Waals surface area contributed by atoms with Crippen LogP contribution in [0.2, 0.25) is 0 Å². The van der Waals surface area contributed by atoms with E-state index in [9.17, 15) is 15.0 Å². The van der Waals surface area contributed by atoms with Gasteiger partial charge in [0, 0.05) is 17.5 Å². The van der Waals surface area contributed by atoms with E-state index in [2.05, 4.69) is 25.2 Å². The minimum Gasteiger partial charge on any atom is -0.396 e. The number of rotatable bonds is 4. The second-order valence-electron chi connectivity index (χ2n) is 8.55. The lowest BCUT2D eigenvalue weighted by Gasteiger charge is -2.46. The van der Waals surface area contributed by atoms with Crippen molar-refractivity contribution in [2.24, 2.45) is 5.41 Å². The van der Waals surface area contributed by atoms with Crippen LogP contribution in [-0.4, -0.2) is 67.5 Å². The molecule has 3 aliphatic rings. The van der Waals surface area contributed by atoms with E-state index in [0.29, 0.717) is 24.9 Å². The van der Waals surface area contributed by atoms with Gasteiger partial charge in [-0.25, -0.2) is 15.0 Å². The molecular weight excluding hydrogens is 360 g/mol. The fourth-order valence-electron chi connectivity index (χ4n) is 5.17. The smallest absolute Gasteiger partial charge is 0.239 e. The second-order valence-corrected chi connectivity index (χ2v) is 8.55. The molecule has 1 saturated heterocycles. The van der Waals surface area contributed by atoms with Crippen LogP contribution in [0.5, 0.6) is 0 Å². The van der Waals surface area contributed by atoms with Gasteiger partial charge in [0.1, 0.15) is 6.33 Å². The predicted octanol–water partition coefficient (Wildman–Crippen LogP) is 0.380. The van der Waals surface area contributed by atoms with Crippen LogP contribution in [0.3, 0.4) is 0 Å². The second kappa shape index (κ2) is 6.66. The van der Waals surface area contributed by atoms with Gasteiger partial charge in [-0.1, -0.05) is 12.8 Å². The molecule has 2 atom stereocenters. The van der Waals surface area contributed by atoms with Crippen LogP contribution in [0, 0.1) is 5.41 Å². The third-order valence-corrected chi connectivity index (χ3v) is 6.80. The number of nitrogens with zero attached hydrogens (tertiary/aromatic N) is 5. The normalized spacial score (nSPS) is 27.4. The Labute approximate surface area is 162 Å². The van der Waals surface area contributed by atoms with Gasteiger partial charge in [-0.3, -0.25) is 4.79 Å². The van der Waals surface area contributed by atoms with E-state index >= 15 is 0 Å². The molecule has 0 radical (unpaired) electrons. The standard InChI is InChI=1S/C19H26N6O3/c26-8-19(9-27)5-12(6-19)25-11-22-16-17(20-10-21-18(16)25)24-7-15(28)23-13-3-1-2-4-14(13)24/h10-14,26-27H,1-9H2,(H,23,28). The summed E-state index contributed by atoms with van der Waals surface area (Å²) in [5.74, 6) is 0.759. The van der Waals surface area contributed by atoms with Gasteiger partial charge in [-0.15, -0.1) is 0 Å². The molecule has 0 bridgehead atoms. The highest BCUT2D eigenvalue weighted by atomic mass is 16.3. The third kappa shape index (κ3) is 2.68. The quantitative estimate of drug-likeness (QED) is 0.695. The van der Waals surface area contributed by atoms with E-state index in [0.717, 1.165) is 37.1 Å². The number of carbonyl (C=O) groups excluding carboxylic acids is 1. The summed E-state index contributed by atoms with van der Waals surface area (Å²) in [5, 5.41) is 22.3. The first-order valence-corrected chi connectivity index (χ1v) is 10.1. The van der Waals surface area contributed by atoms with Crippen molar-refractivity contribution < 1.29 is 15.0 Å². The van der Waals surface area contributed by atoms with Crippen molar-refractivity contribution in [3.8, 4) is 0 Å². The predicted molar refractivity (Wildman–Crippen MR) is 102 cm³/mol. The molecule has 28 heavy (non-hydrogen) atoms. The number of carbonyl (C=O) groups is 1. The number of aromatic nitrogens is 4. The van der Waals surface area contributed by atoms with Gasteiger partial charge < -0.3 is 25.0 Å². The molecule has 0 spiro atoms. The molecule has 2 aromatic heterocycles. The average Bonchev–Trinajstić information content (AvgIpc) is 3.11. The maximum Gasteiger partial charge on any atom is 0.239 e. The lowest BCUT2D eigenvalue weighted by atomic mass is 9.66. The van der Waals surface area contributed by atoms with Crippen molar-refractivity contribution in [3.63, 3.8) is 0 Å². The van der Waals surface area contributed by atoms with E-state index in [-0.39, 0.29) is 37.2 Å². The molecule has 3 fully saturated rings. The molecule has 150 valence electrons. The average molecular weight is 386 g/mol. The molecule has 2 unspecified atom stereocenters. The summed E-state index contributed by atoms with van der Waals surface area (Å²) in [6.45, 7) is 0.263. The number of hydrogen-bond donors (Lipinski definition) is 3. The first kappa shape index (κ1) is 17.8. The fraction of sp³-hybridized carbons (Fsp3) is 0.684. The minimum absolute atomic E-state index is 0.0151. The van der Waals surface area contributed by atoms with Gasteiger partial charge in [0.2, 0.25) is 5.91 Å². The Bertz CT molecular complexity index is 887. The molecule has 1 aliphatic heterocycles. The number of piperazine rings is 1. The number of aliphatic hydroxyl groups excluding tert-OH is 2. The zero-order chi connectivity index (χ0) is 19.3. The van der Waals surface area contributed by atoms with Gasteiger partial charge in [-0.05, 0) is 25.7 Å². The van der Waals surface area contributed by atoms with Crippen molar-refractivity contribution in [2.45, 2.75) is 56.7 Å². The van der Waals surface area contributed by atoms with E-state index in [1.165, 1.54) is 0 Å². The first-order valence-electron chi connectivity index (χ1n) is 10.1. The lowest BCUT2D eigenvalue weighted by Crippen LogP contribution is -2.62. The fourth-order valence-corrected chi connectivity index (χ4v) is 5.17.